The minimum absolute atomic E-state index is 0.302. The molecule has 98 valence electrons. The van der Waals surface area contributed by atoms with Crippen LogP contribution in [0.1, 0.15) is 17.5 Å². The van der Waals surface area contributed by atoms with Gasteiger partial charge in [-0.15, -0.1) is 0 Å². The van der Waals surface area contributed by atoms with Crippen LogP contribution in [0.25, 0.3) is 0 Å². The standard InChI is InChI=1S/C16H17FN2/c1-19(16-8-6-13(17)10-15(16)18)14-7-5-11-3-2-4-12(11)9-14/h5-10H,2-4,18H2,1H3. The number of hydrogen-bond donors (Lipinski definition) is 1. The van der Waals surface area contributed by atoms with Gasteiger partial charge in [0.1, 0.15) is 5.82 Å². The van der Waals surface area contributed by atoms with Crippen LogP contribution in [0.2, 0.25) is 0 Å². The van der Waals surface area contributed by atoms with Crippen LogP contribution in [0.5, 0.6) is 0 Å². The fourth-order valence-electron chi connectivity index (χ4n) is 2.74. The first kappa shape index (κ1) is 12.0. The third-order valence-corrected chi connectivity index (χ3v) is 3.82. The first-order valence-corrected chi connectivity index (χ1v) is 6.56. The lowest BCUT2D eigenvalue weighted by Crippen LogP contribution is -2.12. The fraction of sp³-hybridized carbons (Fsp3) is 0.250. The molecule has 2 N–H and O–H groups in total. The van der Waals surface area contributed by atoms with Crippen molar-refractivity contribution in [1.29, 1.82) is 0 Å². The first-order valence-electron chi connectivity index (χ1n) is 6.56. The van der Waals surface area contributed by atoms with E-state index in [4.69, 9.17) is 5.73 Å². The quantitative estimate of drug-likeness (QED) is 0.831. The molecule has 0 spiro atoms. The number of nitrogens with zero attached hydrogens (tertiary/aromatic N) is 1. The molecule has 0 aromatic heterocycles. The Morgan fingerprint density at radius 2 is 1.84 bits per heavy atom. The Labute approximate surface area is 112 Å². The van der Waals surface area contributed by atoms with Crippen molar-refractivity contribution in [2.24, 2.45) is 0 Å². The van der Waals surface area contributed by atoms with Gasteiger partial charge in [0, 0.05) is 12.7 Å². The molecule has 0 unspecified atom stereocenters. The highest BCUT2D eigenvalue weighted by atomic mass is 19.1. The molecular formula is C16H17FN2. The van der Waals surface area contributed by atoms with Crippen LogP contribution in [0, 0.1) is 5.82 Å². The molecule has 2 nitrogen and oxygen atoms in total. The summed E-state index contributed by atoms with van der Waals surface area (Å²) in [6.45, 7) is 0. The van der Waals surface area contributed by atoms with E-state index in [1.54, 1.807) is 6.07 Å². The molecule has 19 heavy (non-hydrogen) atoms. The largest absolute Gasteiger partial charge is 0.397 e. The predicted octanol–water partition coefficient (Wildman–Crippen LogP) is 3.66. The van der Waals surface area contributed by atoms with Crippen LogP contribution in [0.3, 0.4) is 0 Å². The third-order valence-electron chi connectivity index (χ3n) is 3.82. The zero-order valence-electron chi connectivity index (χ0n) is 11.0. The molecule has 0 saturated heterocycles. The van der Waals surface area contributed by atoms with Crippen molar-refractivity contribution in [3.8, 4) is 0 Å². The average molecular weight is 256 g/mol. The number of benzene rings is 2. The van der Waals surface area contributed by atoms with Crippen molar-refractivity contribution in [1.82, 2.24) is 0 Å². The highest BCUT2D eigenvalue weighted by Crippen LogP contribution is 2.32. The molecule has 2 aromatic carbocycles. The van der Waals surface area contributed by atoms with Gasteiger partial charge in [-0.1, -0.05) is 6.07 Å². The van der Waals surface area contributed by atoms with E-state index in [1.807, 2.05) is 11.9 Å². The van der Waals surface area contributed by atoms with Gasteiger partial charge < -0.3 is 10.6 Å². The molecule has 2 aromatic rings. The fourth-order valence-corrected chi connectivity index (χ4v) is 2.74. The first-order chi connectivity index (χ1) is 9.15. The summed E-state index contributed by atoms with van der Waals surface area (Å²) in [7, 11) is 1.96. The zero-order chi connectivity index (χ0) is 13.4. The van der Waals surface area contributed by atoms with Gasteiger partial charge in [0.05, 0.1) is 11.4 Å². The molecule has 0 atom stereocenters. The number of fused-ring (bicyclic) bond motifs is 1. The van der Waals surface area contributed by atoms with Gasteiger partial charge in [0.2, 0.25) is 0 Å². The van der Waals surface area contributed by atoms with E-state index in [0.29, 0.717) is 5.69 Å². The van der Waals surface area contributed by atoms with Gasteiger partial charge in [-0.3, -0.25) is 0 Å². The average Bonchev–Trinajstić information content (AvgIpc) is 2.85. The summed E-state index contributed by atoms with van der Waals surface area (Å²) in [5.74, 6) is -0.302. The van der Waals surface area contributed by atoms with Crippen molar-refractivity contribution in [3.63, 3.8) is 0 Å². The Bertz CT molecular complexity index is 622. The summed E-state index contributed by atoms with van der Waals surface area (Å²) < 4.78 is 13.1. The second kappa shape index (κ2) is 4.57. The van der Waals surface area contributed by atoms with E-state index < -0.39 is 0 Å². The monoisotopic (exact) mass is 256 g/mol. The smallest absolute Gasteiger partial charge is 0.125 e. The summed E-state index contributed by atoms with van der Waals surface area (Å²) in [5.41, 5.74) is 11.2. The Morgan fingerprint density at radius 3 is 2.63 bits per heavy atom. The van der Waals surface area contributed by atoms with Crippen molar-refractivity contribution >= 4 is 17.1 Å². The van der Waals surface area contributed by atoms with Crippen molar-refractivity contribution in [3.05, 3.63) is 53.3 Å². The van der Waals surface area contributed by atoms with Gasteiger partial charge in [0.15, 0.2) is 0 Å². The van der Waals surface area contributed by atoms with Gasteiger partial charge in [-0.2, -0.15) is 0 Å². The molecule has 0 heterocycles. The zero-order valence-corrected chi connectivity index (χ0v) is 11.0. The van der Waals surface area contributed by atoms with E-state index in [1.165, 1.54) is 36.1 Å². The SMILES string of the molecule is CN(c1ccc2c(c1)CCC2)c1ccc(F)cc1N. The molecule has 1 aliphatic rings. The highest BCUT2D eigenvalue weighted by Gasteiger charge is 2.14. The normalized spacial score (nSPS) is 13.4. The van der Waals surface area contributed by atoms with Crippen LogP contribution >= 0.6 is 0 Å². The molecule has 3 heteroatoms. The second-order valence-corrected chi connectivity index (χ2v) is 5.07. The number of halogens is 1. The number of anilines is 3. The van der Waals surface area contributed by atoms with E-state index in [9.17, 15) is 4.39 Å². The summed E-state index contributed by atoms with van der Waals surface area (Å²) in [6, 6.07) is 11.0. The maximum atomic E-state index is 13.1. The van der Waals surface area contributed by atoms with E-state index >= 15 is 0 Å². The summed E-state index contributed by atoms with van der Waals surface area (Å²) >= 11 is 0. The number of nitrogens with two attached hydrogens (primary N) is 1. The van der Waals surface area contributed by atoms with Crippen molar-refractivity contribution in [2.45, 2.75) is 19.3 Å². The second-order valence-electron chi connectivity index (χ2n) is 5.07. The Balaban J connectivity index is 1.97. The van der Waals surface area contributed by atoms with E-state index in [0.717, 1.165) is 17.8 Å². The molecular weight excluding hydrogens is 239 g/mol. The predicted molar refractivity (Wildman–Crippen MR) is 77.3 cm³/mol. The molecule has 0 saturated carbocycles. The van der Waals surface area contributed by atoms with Crippen LogP contribution in [-0.2, 0) is 12.8 Å². The van der Waals surface area contributed by atoms with Crippen molar-refractivity contribution in [2.75, 3.05) is 17.7 Å². The van der Waals surface area contributed by atoms with E-state index in [-0.39, 0.29) is 5.82 Å². The summed E-state index contributed by atoms with van der Waals surface area (Å²) in [4.78, 5) is 2.01. The summed E-state index contributed by atoms with van der Waals surface area (Å²) in [6.07, 6.45) is 3.56. The molecule has 0 bridgehead atoms. The maximum Gasteiger partial charge on any atom is 0.125 e. The number of rotatable bonds is 2. The molecule has 3 rings (SSSR count). The maximum absolute atomic E-state index is 13.1. The van der Waals surface area contributed by atoms with Crippen molar-refractivity contribution < 1.29 is 4.39 Å². The number of nitrogen functional groups attached to an aromatic ring is 1. The van der Waals surface area contributed by atoms with Crippen LogP contribution in [0.4, 0.5) is 21.5 Å². The van der Waals surface area contributed by atoms with Gasteiger partial charge in [0.25, 0.3) is 0 Å². The topological polar surface area (TPSA) is 29.3 Å². The van der Waals surface area contributed by atoms with Gasteiger partial charge in [-0.25, -0.2) is 4.39 Å². The molecule has 0 fully saturated rings. The molecule has 0 radical (unpaired) electrons. The van der Waals surface area contributed by atoms with Gasteiger partial charge >= 0.3 is 0 Å². The Kier molecular flexibility index (Phi) is 2.90. The van der Waals surface area contributed by atoms with Crippen LogP contribution in [-0.4, -0.2) is 7.05 Å². The summed E-state index contributed by atoms with van der Waals surface area (Å²) in [5, 5.41) is 0. The molecule has 0 amide bonds. The van der Waals surface area contributed by atoms with Gasteiger partial charge in [-0.05, 0) is 60.7 Å². The minimum Gasteiger partial charge on any atom is -0.397 e. The lowest BCUT2D eigenvalue weighted by atomic mass is 10.1. The lowest BCUT2D eigenvalue weighted by molar-refractivity contribution is 0.628. The highest BCUT2D eigenvalue weighted by molar-refractivity contribution is 5.74. The van der Waals surface area contributed by atoms with Crippen LogP contribution < -0.4 is 10.6 Å². The number of hydrogen-bond acceptors (Lipinski definition) is 2. The Morgan fingerprint density at radius 1 is 1.05 bits per heavy atom. The third kappa shape index (κ3) is 2.16. The molecule has 0 aliphatic heterocycles. The van der Waals surface area contributed by atoms with Crippen LogP contribution in [0.15, 0.2) is 36.4 Å². The van der Waals surface area contributed by atoms with E-state index in [2.05, 4.69) is 18.2 Å². The number of aryl methyl sites for hydroxylation is 2. The Hall–Kier alpha value is -2.03. The minimum atomic E-state index is -0.302. The molecule has 1 aliphatic carbocycles. The lowest BCUT2D eigenvalue weighted by Gasteiger charge is -2.22.